The van der Waals surface area contributed by atoms with E-state index in [-0.39, 0.29) is 20.4 Å². The summed E-state index contributed by atoms with van der Waals surface area (Å²) in [5, 5.41) is 10.2. The quantitative estimate of drug-likeness (QED) is 0.502. The van der Waals surface area contributed by atoms with Gasteiger partial charge in [-0.1, -0.05) is 29.3 Å². The van der Waals surface area contributed by atoms with Crippen molar-refractivity contribution in [3.63, 3.8) is 0 Å². The number of benzene rings is 2. The summed E-state index contributed by atoms with van der Waals surface area (Å²) in [6.45, 7) is 1.51. The van der Waals surface area contributed by atoms with Gasteiger partial charge in [0.05, 0.1) is 15.5 Å². The Hall–Kier alpha value is -2.17. The van der Waals surface area contributed by atoms with E-state index in [4.69, 9.17) is 28.3 Å². The summed E-state index contributed by atoms with van der Waals surface area (Å²) in [4.78, 5) is 25.3. The number of sulfonamides is 1. The van der Waals surface area contributed by atoms with Crippen molar-refractivity contribution in [3.8, 4) is 0 Å². The molecule has 1 heterocycles. The molecule has 11 heteroatoms. The van der Waals surface area contributed by atoms with E-state index in [1.54, 1.807) is 18.2 Å². The zero-order valence-corrected chi connectivity index (χ0v) is 17.3. The van der Waals surface area contributed by atoms with Crippen LogP contribution >= 0.6 is 34.5 Å². The number of fused-ring (bicyclic) bond motifs is 1. The number of carbonyl (C=O) groups excluding carboxylic acids is 1. The minimum Gasteiger partial charge on any atom is -0.478 e. The highest BCUT2D eigenvalue weighted by Crippen LogP contribution is 2.36. The van der Waals surface area contributed by atoms with Crippen LogP contribution in [0.25, 0.3) is 10.1 Å². The number of hydrogen-bond acceptors (Lipinski definition) is 5. The third kappa shape index (κ3) is 3.98. The molecule has 2 aromatic carbocycles. The summed E-state index contributed by atoms with van der Waals surface area (Å²) in [6, 6.07) is 8.64. The number of thiophene rings is 1. The summed E-state index contributed by atoms with van der Waals surface area (Å²) >= 11 is 13.2. The van der Waals surface area contributed by atoms with Crippen LogP contribution in [-0.4, -0.2) is 25.4 Å². The highest BCUT2D eigenvalue weighted by Gasteiger charge is 2.22. The molecule has 3 N–H and O–H groups in total. The van der Waals surface area contributed by atoms with Crippen molar-refractivity contribution in [2.45, 2.75) is 11.8 Å². The largest absolute Gasteiger partial charge is 0.478 e. The number of rotatable bonds is 5. The molecule has 1 aromatic heterocycles. The number of amides is 1. The fraction of sp³-hybridized carbons (Fsp3) is 0.0588. The molecular weight excluding hydrogens is 447 g/mol. The number of carboxylic acid groups (broad SMARTS) is 1. The first-order valence-electron chi connectivity index (χ1n) is 7.64. The number of aromatic carboxylic acids is 1. The molecule has 0 saturated heterocycles. The second-order valence-corrected chi connectivity index (χ2v) is 9.25. The molecule has 0 saturated carbocycles. The normalized spacial score (nSPS) is 11.5. The molecule has 0 bridgehead atoms. The molecule has 0 atom stereocenters. The molecule has 7 nitrogen and oxygen atoms in total. The minimum atomic E-state index is -4.20. The van der Waals surface area contributed by atoms with Crippen molar-refractivity contribution < 1.29 is 23.1 Å². The van der Waals surface area contributed by atoms with E-state index in [2.05, 4.69) is 5.43 Å². The number of carboxylic acids is 1. The van der Waals surface area contributed by atoms with Crippen LogP contribution in [0.5, 0.6) is 0 Å². The fourth-order valence-electron chi connectivity index (χ4n) is 2.43. The molecule has 0 aliphatic heterocycles. The van der Waals surface area contributed by atoms with Crippen molar-refractivity contribution in [2.24, 2.45) is 0 Å². The van der Waals surface area contributed by atoms with Gasteiger partial charge in [0.2, 0.25) is 0 Å². The molecule has 3 aromatic rings. The lowest BCUT2D eigenvalue weighted by molar-refractivity contribution is 0.0696. The Morgan fingerprint density at radius 2 is 1.82 bits per heavy atom. The lowest BCUT2D eigenvalue weighted by Gasteiger charge is -2.11. The van der Waals surface area contributed by atoms with Crippen molar-refractivity contribution >= 4 is 66.5 Å². The Bertz CT molecular complexity index is 1220. The zero-order chi connectivity index (χ0) is 20.6. The predicted octanol–water partition coefficient (Wildman–Crippen LogP) is 3.84. The summed E-state index contributed by atoms with van der Waals surface area (Å²) in [6.07, 6.45) is 0. The van der Waals surface area contributed by atoms with E-state index in [0.29, 0.717) is 20.7 Å². The average Bonchev–Trinajstić information content (AvgIpc) is 2.96. The van der Waals surface area contributed by atoms with Crippen molar-refractivity contribution in [2.75, 3.05) is 0 Å². The van der Waals surface area contributed by atoms with Gasteiger partial charge in [-0.2, -0.15) is 0 Å². The van der Waals surface area contributed by atoms with E-state index in [0.717, 1.165) is 17.4 Å². The molecule has 0 fully saturated rings. The van der Waals surface area contributed by atoms with Gasteiger partial charge in [-0.05, 0) is 42.8 Å². The van der Waals surface area contributed by atoms with Crippen LogP contribution in [0.15, 0.2) is 41.3 Å². The van der Waals surface area contributed by atoms with Crippen LogP contribution in [0, 0.1) is 6.92 Å². The SMILES string of the molecule is Cc1ccc(C(=O)O)cc1S(=O)(=O)NNC(=O)c1sc2ccc(Cl)cc2c1Cl. The van der Waals surface area contributed by atoms with Gasteiger partial charge in [0, 0.05) is 15.1 Å². The van der Waals surface area contributed by atoms with E-state index in [9.17, 15) is 18.0 Å². The Morgan fingerprint density at radius 1 is 1.11 bits per heavy atom. The third-order valence-electron chi connectivity index (χ3n) is 3.82. The topological polar surface area (TPSA) is 113 Å². The van der Waals surface area contributed by atoms with E-state index in [1.165, 1.54) is 19.1 Å². The lowest BCUT2D eigenvalue weighted by Crippen LogP contribution is -2.41. The number of hydrazine groups is 1. The molecule has 0 spiro atoms. The Labute approximate surface area is 173 Å². The summed E-state index contributed by atoms with van der Waals surface area (Å²) in [5.41, 5.74) is 2.23. The van der Waals surface area contributed by atoms with Gasteiger partial charge >= 0.3 is 5.97 Å². The fourth-order valence-corrected chi connectivity index (χ4v) is 5.10. The van der Waals surface area contributed by atoms with Gasteiger partial charge in [-0.15, -0.1) is 16.2 Å². The van der Waals surface area contributed by atoms with Gasteiger partial charge in [0.1, 0.15) is 4.88 Å². The standard InChI is InChI=1S/C17H12Cl2N2O5S2/c1-8-2-3-9(17(23)24)6-13(8)28(25,26)21-20-16(22)15-14(19)11-7-10(18)4-5-12(11)27-15/h2-7,21H,1H3,(H,20,22)(H,23,24). The Morgan fingerprint density at radius 3 is 2.50 bits per heavy atom. The second kappa shape index (κ2) is 7.69. The third-order valence-corrected chi connectivity index (χ3v) is 7.12. The predicted molar refractivity (Wildman–Crippen MR) is 108 cm³/mol. The molecule has 0 aliphatic carbocycles. The second-order valence-electron chi connectivity index (χ2n) is 5.73. The molecule has 0 aliphatic rings. The van der Waals surface area contributed by atoms with E-state index >= 15 is 0 Å². The summed E-state index contributed by atoms with van der Waals surface area (Å²) in [5.74, 6) is -2.02. The number of hydrogen-bond donors (Lipinski definition) is 3. The van der Waals surface area contributed by atoms with E-state index in [1.807, 2.05) is 4.83 Å². The van der Waals surface area contributed by atoms with Gasteiger partial charge in [-0.25, -0.2) is 13.2 Å². The van der Waals surface area contributed by atoms with Crippen LogP contribution in [0.1, 0.15) is 25.6 Å². The highest BCUT2D eigenvalue weighted by molar-refractivity contribution is 7.89. The molecule has 146 valence electrons. The Balaban J connectivity index is 1.86. The molecule has 0 radical (unpaired) electrons. The van der Waals surface area contributed by atoms with Crippen LogP contribution < -0.4 is 10.3 Å². The summed E-state index contributed by atoms with van der Waals surface area (Å²) in [7, 11) is -4.20. The van der Waals surface area contributed by atoms with E-state index < -0.39 is 21.9 Å². The number of nitrogens with one attached hydrogen (secondary N) is 2. The minimum absolute atomic E-state index is 0.109. The number of carbonyl (C=O) groups is 2. The van der Waals surface area contributed by atoms with Crippen molar-refractivity contribution in [1.82, 2.24) is 10.3 Å². The lowest BCUT2D eigenvalue weighted by atomic mass is 10.1. The van der Waals surface area contributed by atoms with Crippen molar-refractivity contribution in [1.29, 1.82) is 0 Å². The maximum absolute atomic E-state index is 12.5. The first kappa shape index (κ1) is 20.6. The highest BCUT2D eigenvalue weighted by atomic mass is 35.5. The van der Waals surface area contributed by atoms with Crippen LogP contribution in [0.4, 0.5) is 0 Å². The Kier molecular flexibility index (Phi) is 5.64. The maximum Gasteiger partial charge on any atom is 0.335 e. The first-order chi connectivity index (χ1) is 13.1. The zero-order valence-electron chi connectivity index (χ0n) is 14.1. The summed E-state index contributed by atoms with van der Waals surface area (Å²) < 4.78 is 25.7. The molecular formula is C17H12Cl2N2O5S2. The number of aryl methyl sites for hydroxylation is 1. The van der Waals surface area contributed by atoms with Crippen LogP contribution in [0.3, 0.4) is 0 Å². The van der Waals surface area contributed by atoms with Gasteiger partial charge < -0.3 is 5.11 Å². The van der Waals surface area contributed by atoms with Gasteiger partial charge in [0.15, 0.2) is 0 Å². The molecule has 1 amide bonds. The molecule has 3 rings (SSSR count). The monoisotopic (exact) mass is 458 g/mol. The van der Waals surface area contributed by atoms with Crippen LogP contribution in [-0.2, 0) is 10.0 Å². The molecule has 28 heavy (non-hydrogen) atoms. The van der Waals surface area contributed by atoms with Crippen molar-refractivity contribution in [3.05, 3.63) is 62.4 Å². The first-order valence-corrected chi connectivity index (χ1v) is 10.7. The maximum atomic E-state index is 12.5. The van der Waals surface area contributed by atoms with Crippen LogP contribution in [0.2, 0.25) is 10.0 Å². The van der Waals surface area contributed by atoms with Gasteiger partial charge in [-0.3, -0.25) is 10.2 Å². The smallest absolute Gasteiger partial charge is 0.335 e. The molecule has 0 unspecified atom stereocenters. The van der Waals surface area contributed by atoms with Gasteiger partial charge in [0.25, 0.3) is 15.9 Å². The number of halogens is 2. The average molecular weight is 459 g/mol.